The molecule has 206 valence electrons. The van der Waals surface area contributed by atoms with Crippen LogP contribution < -0.4 is 10.6 Å². The largest absolute Gasteiger partial charge is 0.480 e. The molecule has 3 aromatic carbocycles. The number of benzene rings is 3. The third-order valence-electron chi connectivity index (χ3n) is 6.23. The highest BCUT2D eigenvalue weighted by atomic mass is 35.5. The zero-order valence-electron chi connectivity index (χ0n) is 20.8. The number of carbonyl (C=O) groups is 2. The number of sulfone groups is 1. The number of aliphatic carboxylic acids is 1. The van der Waals surface area contributed by atoms with Gasteiger partial charge in [0.05, 0.1) is 31.5 Å². The van der Waals surface area contributed by atoms with Crippen molar-refractivity contribution in [1.29, 1.82) is 0 Å². The second kappa shape index (κ2) is 11.1. The topological polar surface area (TPSA) is 139 Å². The number of nitrogens with one attached hydrogen (secondary N) is 2. The normalized spacial score (nSPS) is 12.5. The maximum Gasteiger partial charge on any atom is 0.326 e. The van der Waals surface area contributed by atoms with Crippen LogP contribution in [0.3, 0.4) is 0 Å². The van der Waals surface area contributed by atoms with Gasteiger partial charge in [-0.25, -0.2) is 13.2 Å². The van der Waals surface area contributed by atoms with Gasteiger partial charge < -0.3 is 20.2 Å². The van der Waals surface area contributed by atoms with Crippen LogP contribution in [0.25, 0.3) is 21.1 Å². The number of carboxylic acids is 1. The quantitative estimate of drug-likeness (QED) is 0.189. The molecule has 0 bridgehead atoms. The second-order valence-electron chi connectivity index (χ2n) is 9.09. The molecule has 3 N–H and O–H groups in total. The molecule has 5 aromatic rings. The van der Waals surface area contributed by atoms with Gasteiger partial charge in [-0.3, -0.25) is 4.79 Å². The molecule has 0 aliphatic heterocycles. The number of furan rings is 1. The molecule has 13 heteroatoms. The van der Waals surface area contributed by atoms with Crippen LogP contribution in [0.15, 0.2) is 70.2 Å². The maximum atomic E-state index is 13.2. The average molecular weight is 619 g/mol. The van der Waals surface area contributed by atoms with Crippen LogP contribution in [0.2, 0.25) is 10.0 Å². The van der Waals surface area contributed by atoms with Crippen LogP contribution in [-0.2, 0) is 27.6 Å². The van der Waals surface area contributed by atoms with Crippen molar-refractivity contribution in [2.24, 2.45) is 0 Å². The molecule has 0 aliphatic rings. The number of anilines is 1. The summed E-state index contributed by atoms with van der Waals surface area (Å²) in [5.74, 6) is -1.55. The van der Waals surface area contributed by atoms with Crippen LogP contribution in [0.4, 0.5) is 5.82 Å². The van der Waals surface area contributed by atoms with Gasteiger partial charge in [-0.2, -0.15) is 4.37 Å². The van der Waals surface area contributed by atoms with E-state index in [4.69, 9.17) is 27.6 Å². The molecule has 0 spiro atoms. The first-order chi connectivity index (χ1) is 19.0. The molecule has 0 fully saturated rings. The average Bonchev–Trinajstić information content (AvgIpc) is 3.53. The van der Waals surface area contributed by atoms with Gasteiger partial charge in [-0.15, -0.1) is 0 Å². The summed E-state index contributed by atoms with van der Waals surface area (Å²) >= 11 is 14.1. The van der Waals surface area contributed by atoms with E-state index in [1.165, 1.54) is 18.2 Å². The van der Waals surface area contributed by atoms with Gasteiger partial charge in [0.15, 0.2) is 9.84 Å². The lowest BCUT2D eigenvalue weighted by Crippen LogP contribution is -2.42. The minimum Gasteiger partial charge on any atom is -0.480 e. The molecule has 0 saturated heterocycles. The van der Waals surface area contributed by atoms with Crippen LogP contribution in [-0.4, -0.2) is 42.1 Å². The Labute approximate surface area is 242 Å². The summed E-state index contributed by atoms with van der Waals surface area (Å²) in [6.45, 7) is 0.452. The van der Waals surface area contributed by atoms with Gasteiger partial charge in [0, 0.05) is 30.0 Å². The Hall–Kier alpha value is -3.64. The Morgan fingerprint density at radius 2 is 1.90 bits per heavy atom. The molecule has 40 heavy (non-hydrogen) atoms. The third kappa shape index (κ3) is 5.78. The van der Waals surface area contributed by atoms with Gasteiger partial charge in [0.25, 0.3) is 5.91 Å². The van der Waals surface area contributed by atoms with Crippen LogP contribution in [0.5, 0.6) is 0 Å². The van der Waals surface area contributed by atoms with Crippen molar-refractivity contribution in [3.05, 3.63) is 87.6 Å². The van der Waals surface area contributed by atoms with Crippen molar-refractivity contribution >= 4 is 83.3 Å². The van der Waals surface area contributed by atoms with Gasteiger partial charge >= 0.3 is 5.97 Å². The fourth-order valence-electron chi connectivity index (χ4n) is 4.21. The van der Waals surface area contributed by atoms with Crippen molar-refractivity contribution in [1.82, 2.24) is 9.69 Å². The number of hydrogen-bond acceptors (Lipinski definition) is 8. The summed E-state index contributed by atoms with van der Waals surface area (Å²) in [4.78, 5) is 25.2. The van der Waals surface area contributed by atoms with Crippen molar-refractivity contribution in [2.75, 3.05) is 11.6 Å². The Morgan fingerprint density at radius 3 is 2.65 bits per heavy atom. The molecule has 2 heterocycles. The summed E-state index contributed by atoms with van der Waals surface area (Å²) in [5.41, 5.74) is 2.09. The number of nitrogens with zero attached hydrogens (tertiary/aromatic N) is 1. The minimum atomic E-state index is -3.49. The predicted octanol–water partition coefficient (Wildman–Crippen LogP) is 5.79. The fraction of sp³-hybridized carbons (Fsp3) is 0.148. The number of carboxylic acid groups (broad SMARTS) is 1. The summed E-state index contributed by atoms with van der Waals surface area (Å²) < 4.78 is 34.1. The summed E-state index contributed by atoms with van der Waals surface area (Å²) in [6, 6.07) is 13.8. The highest BCUT2D eigenvalue weighted by molar-refractivity contribution is 7.90. The van der Waals surface area contributed by atoms with E-state index in [0.29, 0.717) is 28.0 Å². The molecule has 0 radical (unpaired) electrons. The molecule has 0 saturated carbocycles. The predicted molar refractivity (Wildman–Crippen MR) is 155 cm³/mol. The van der Waals surface area contributed by atoms with E-state index in [1.54, 1.807) is 18.4 Å². The fourth-order valence-corrected chi connectivity index (χ4v) is 6.41. The Balaban J connectivity index is 1.36. The van der Waals surface area contributed by atoms with Crippen LogP contribution >= 0.6 is 34.7 Å². The number of halogens is 2. The molecule has 2 aromatic heterocycles. The molecular formula is C27H21Cl2N3O6S2. The second-order valence-corrected chi connectivity index (χ2v) is 12.7. The monoisotopic (exact) mass is 617 g/mol. The van der Waals surface area contributed by atoms with Crippen LogP contribution in [0.1, 0.15) is 21.5 Å². The van der Waals surface area contributed by atoms with Gasteiger partial charge in [0.1, 0.15) is 17.4 Å². The molecular weight excluding hydrogens is 597 g/mol. The van der Waals surface area contributed by atoms with E-state index in [0.717, 1.165) is 34.3 Å². The summed E-state index contributed by atoms with van der Waals surface area (Å²) in [7, 11) is -3.49. The summed E-state index contributed by atoms with van der Waals surface area (Å²) in [5, 5.41) is 17.1. The number of aromatic nitrogens is 1. The molecule has 1 amide bonds. The highest BCUT2D eigenvalue weighted by Gasteiger charge is 2.26. The first-order valence-electron chi connectivity index (χ1n) is 11.8. The lowest BCUT2D eigenvalue weighted by molar-refractivity contribution is -0.139. The van der Waals surface area contributed by atoms with Gasteiger partial charge in [-0.05, 0) is 53.0 Å². The van der Waals surface area contributed by atoms with Gasteiger partial charge in [-0.1, -0.05) is 47.5 Å². The third-order valence-corrected chi connectivity index (χ3v) is 9.01. The number of rotatable bonds is 9. The maximum absolute atomic E-state index is 13.2. The number of amides is 1. The van der Waals surface area contributed by atoms with E-state index in [9.17, 15) is 23.1 Å². The lowest BCUT2D eigenvalue weighted by Gasteiger charge is -2.16. The van der Waals surface area contributed by atoms with Gasteiger partial charge in [0.2, 0.25) is 0 Å². The van der Waals surface area contributed by atoms with Crippen LogP contribution in [0, 0.1) is 0 Å². The standard InChI is InChI=1S/C27H21Cl2N3O6S2/c1-40(36,37)17-4-2-3-14(9-17)10-20(27(34)35)31-26(33)22-19(28)12-18-24(23(22)29)39-32-25(18)30-13-15-5-6-16-7-8-38-21(16)11-15/h2-9,11-12,20H,10,13H2,1H3,(H,30,32)(H,31,33)(H,34,35). The SMILES string of the molecule is CS(=O)(=O)c1cccc(CC(NC(=O)c2c(Cl)cc3c(NCc4ccc5ccoc5c4)nsc3c2Cl)C(=O)O)c1. The Kier molecular flexibility index (Phi) is 7.74. The van der Waals surface area contributed by atoms with E-state index in [-0.39, 0.29) is 26.9 Å². The van der Waals surface area contributed by atoms with E-state index in [1.807, 2.05) is 24.3 Å². The highest BCUT2D eigenvalue weighted by Crippen LogP contribution is 2.39. The number of hydrogen-bond donors (Lipinski definition) is 3. The zero-order valence-corrected chi connectivity index (χ0v) is 23.9. The van der Waals surface area contributed by atoms with E-state index in [2.05, 4.69) is 15.0 Å². The lowest BCUT2D eigenvalue weighted by atomic mass is 10.1. The molecule has 1 unspecified atom stereocenters. The zero-order chi connectivity index (χ0) is 28.6. The van der Waals surface area contributed by atoms with E-state index >= 15 is 0 Å². The molecule has 9 nitrogen and oxygen atoms in total. The minimum absolute atomic E-state index is 0.0264. The van der Waals surface area contributed by atoms with Crippen molar-refractivity contribution in [3.8, 4) is 0 Å². The molecule has 1 atom stereocenters. The Morgan fingerprint density at radius 1 is 1.10 bits per heavy atom. The van der Waals surface area contributed by atoms with Crippen molar-refractivity contribution in [3.63, 3.8) is 0 Å². The van der Waals surface area contributed by atoms with Crippen molar-refractivity contribution in [2.45, 2.75) is 23.9 Å². The molecule has 5 rings (SSSR count). The first kappa shape index (κ1) is 27.9. The first-order valence-corrected chi connectivity index (χ1v) is 15.2. The molecule has 0 aliphatic carbocycles. The Bertz CT molecular complexity index is 1880. The van der Waals surface area contributed by atoms with E-state index < -0.39 is 27.8 Å². The van der Waals surface area contributed by atoms with Crippen molar-refractivity contribution < 1.29 is 27.5 Å². The number of fused-ring (bicyclic) bond motifs is 2. The summed E-state index contributed by atoms with van der Waals surface area (Å²) in [6.07, 6.45) is 2.53. The number of carbonyl (C=O) groups excluding carboxylic acids is 1. The smallest absolute Gasteiger partial charge is 0.326 e.